The SMILES string of the molecule is CCOC(=O)C(C#N)C(c1cc(Br)cc(Br)c1O)C(C#N)C(=O)OCC. The second-order valence-corrected chi connectivity index (χ2v) is 6.84. The molecule has 0 aliphatic heterocycles. The normalized spacial score (nSPS) is 13.6. The fourth-order valence-corrected chi connectivity index (χ4v) is 3.67. The average Bonchev–Trinajstić information content (AvgIpc) is 2.58. The zero-order valence-electron chi connectivity index (χ0n) is 14.0. The molecule has 0 radical (unpaired) electrons. The van der Waals surface area contributed by atoms with Crippen LogP contribution in [-0.2, 0) is 19.1 Å². The van der Waals surface area contributed by atoms with Crippen LogP contribution in [0.25, 0.3) is 0 Å². The smallest absolute Gasteiger partial charge is 0.324 e. The number of phenolic OH excluding ortho intramolecular Hbond substituents is 1. The molecular weight excluding hydrogens is 472 g/mol. The Morgan fingerprint density at radius 2 is 1.54 bits per heavy atom. The Morgan fingerprint density at radius 1 is 1.08 bits per heavy atom. The van der Waals surface area contributed by atoms with Crippen LogP contribution in [0.2, 0.25) is 0 Å². The second kappa shape index (κ2) is 10.1. The lowest BCUT2D eigenvalue weighted by Gasteiger charge is -2.25. The molecular formula is C17H16Br2N2O5. The van der Waals surface area contributed by atoms with Gasteiger partial charge in [0.15, 0.2) is 11.8 Å². The third kappa shape index (κ3) is 4.96. The van der Waals surface area contributed by atoms with Gasteiger partial charge in [-0.3, -0.25) is 9.59 Å². The molecule has 0 amide bonds. The molecule has 0 bridgehead atoms. The Kier molecular flexibility index (Phi) is 8.56. The summed E-state index contributed by atoms with van der Waals surface area (Å²) in [5.41, 5.74) is 0.0745. The summed E-state index contributed by atoms with van der Waals surface area (Å²) in [5, 5.41) is 29.5. The first-order valence-electron chi connectivity index (χ1n) is 7.62. The number of phenols is 1. The van der Waals surface area contributed by atoms with Crippen molar-refractivity contribution in [3.05, 3.63) is 26.6 Å². The van der Waals surface area contributed by atoms with Crippen molar-refractivity contribution in [3.8, 4) is 17.9 Å². The molecule has 1 aromatic rings. The number of aromatic hydroxyl groups is 1. The lowest BCUT2D eigenvalue weighted by molar-refractivity contribution is -0.150. The molecule has 0 heterocycles. The summed E-state index contributed by atoms with van der Waals surface area (Å²) >= 11 is 6.42. The van der Waals surface area contributed by atoms with E-state index in [9.17, 15) is 25.2 Å². The summed E-state index contributed by atoms with van der Waals surface area (Å²) in [5.74, 6) is -6.32. The first-order chi connectivity index (χ1) is 12.3. The fraction of sp³-hybridized carbons (Fsp3) is 0.412. The van der Waals surface area contributed by atoms with Gasteiger partial charge in [0.2, 0.25) is 0 Å². The Hall–Kier alpha value is -2.10. The van der Waals surface area contributed by atoms with Gasteiger partial charge in [-0.05, 0) is 41.9 Å². The molecule has 2 unspecified atom stereocenters. The number of carbonyl (C=O) groups excluding carboxylic acids is 2. The van der Waals surface area contributed by atoms with Crippen molar-refractivity contribution in [2.24, 2.45) is 11.8 Å². The summed E-state index contributed by atoms with van der Waals surface area (Å²) in [6, 6.07) is 6.57. The third-order valence-corrected chi connectivity index (χ3v) is 4.56. The van der Waals surface area contributed by atoms with Crippen molar-refractivity contribution < 1.29 is 24.2 Å². The maximum absolute atomic E-state index is 12.3. The number of benzene rings is 1. The van der Waals surface area contributed by atoms with E-state index in [0.717, 1.165) is 0 Å². The maximum atomic E-state index is 12.3. The minimum atomic E-state index is -1.49. The summed E-state index contributed by atoms with van der Waals surface area (Å²) in [4.78, 5) is 24.5. The van der Waals surface area contributed by atoms with E-state index in [2.05, 4.69) is 31.9 Å². The minimum absolute atomic E-state index is 0.0223. The lowest BCUT2D eigenvalue weighted by atomic mass is 9.77. The topological polar surface area (TPSA) is 120 Å². The summed E-state index contributed by atoms with van der Waals surface area (Å²) < 4.78 is 10.6. The van der Waals surface area contributed by atoms with Crippen molar-refractivity contribution in [1.29, 1.82) is 10.5 Å². The predicted molar refractivity (Wildman–Crippen MR) is 97.7 cm³/mol. The van der Waals surface area contributed by atoms with E-state index in [1.165, 1.54) is 6.07 Å². The molecule has 0 spiro atoms. The van der Waals surface area contributed by atoms with Gasteiger partial charge in [-0.1, -0.05) is 15.9 Å². The lowest BCUT2D eigenvalue weighted by Crippen LogP contribution is -2.33. The maximum Gasteiger partial charge on any atom is 0.324 e. The summed E-state index contributed by atoms with van der Waals surface area (Å²) in [7, 11) is 0. The van der Waals surface area contributed by atoms with Crippen LogP contribution < -0.4 is 0 Å². The molecule has 0 saturated heterocycles. The number of halogens is 2. The molecule has 2 atom stereocenters. The molecule has 0 saturated carbocycles. The van der Waals surface area contributed by atoms with Crippen molar-refractivity contribution in [1.82, 2.24) is 0 Å². The molecule has 26 heavy (non-hydrogen) atoms. The number of carbonyl (C=O) groups is 2. The van der Waals surface area contributed by atoms with Gasteiger partial charge in [-0.2, -0.15) is 10.5 Å². The predicted octanol–water partition coefficient (Wildman–Crippen LogP) is 3.41. The first kappa shape index (κ1) is 21.9. The molecule has 0 aliphatic carbocycles. The quantitative estimate of drug-likeness (QED) is 0.585. The number of hydrogen-bond donors (Lipinski definition) is 1. The van der Waals surface area contributed by atoms with E-state index < -0.39 is 29.7 Å². The Labute approximate surface area is 167 Å². The molecule has 0 fully saturated rings. The Bertz CT molecular complexity index is 734. The summed E-state index contributed by atoms with van der Waals surface area (Å²) in [6.07, 6.45) is 0. The van der Waals surface area contributed by atoms with Gasteiger partial charge >= 0.3 is 11.9 Å². The second-order valence-electron chi connectivity index (χ2n) is 5.07. The minimum Gasteiger partial charge on any atom is -0.506 e. The average molecular weight is 488 g/mol. The van der Waals surface area contributed by atoms with Gasteiger partial charge in [0.1, 0.15) is 5.75 Å². The van der Waals surface area contributed by atoms with Crippen LogP contribution >= 0.6 is 31.9 Å². The highest BCUT2D eigenvalue weighted by atomic mass is 79.9. The van der Waals surface area contributed by atoms with E-state index in [1.807, 2.05) is 0 Å². The van der Waals surface area contributed by atoms with Gasteiger partial charge in [0.05, 0.1) is 29.8 Å². The van der Waals surface area contributed by atoms with Gasteiger partial charge in [-0.25, -0.2) is 0 Å². The molecule has 9 heteroatoms. The van der Waals surface area contributed by atoms with Gasteiger partial charge < -0.3 is 14.6 Å². The number of rotatable bonds is 7. The van der Waals surface area contributed by atoms with E-state index in [4.69, 9.17) is 9.47 Å². The van der Waals surface area contributed by atoms with Crippen molar-refractivity contribution >= 4 is 43.8 Å². The van der Waals surface area contributed by atoms with E-state index in [0.29, 0.717) is 4.47 Å². The van der Waals surface area contributed by atoms with Gasteiger partial charge in [0.25, 0.3) is 0 Å². The molecule has 1 aromatic carbocycles. The number of nitriles is 2. The highest BCUT2D eigenvalue weighted by Crippen LogP contribution is 2.43. The highest BCUT2D eigenvalue weighted by molar-refractivity contribution is 9.11. The van der Waals surface area contributed by atoms with Crippen LogP contribution in [0.15, 0.2) is 21.1 Å². The molecule has 1 rings (SSSR count). The van der Waals surface area contributed by atoms with Crippen molar-refractivity contribution in [3.63, 3.8) is 0 Å². The van der Waals surface area contributed by atoms with E-state index in [-0.39, 0.29) is 29.0 Å². The third-order valence-electron chi connectivity index (χ3n) is 3.49. The van der Waals surface area contributed by atoms with Crippen molar-refractivity contribution in [2.45, 2.75) is 19.8 Å². The Morgan fingerprint density at radius 3 is 1.92 bits per heavy atom. The Balaban J connectivity index is 3.62. The standard InChI is InChI=1S/C17H16Br2N2O5/c1-3-25-16(23)11(7-20)14(12(8-21)17(24)26-4-2)10-5-9(18)6-13(19)15(10)22/h5-6,11-12,14,22H,3-4H2,1-2H3. The highest BCUT2D eigenvalue weighted by Gasteiger charge is 2.43. The molecule has 7 nitrogen and oxygen atoms in total. The van der Waals surface area contributed by atoms with Crippen LogP contribution in [0, 0.1) is 34.5 Å². The van der Waals surface area contributed by atoms with Crippen molar-refractivity contribution in [2.75, 3.05) is 13.2 Å². The molecule has 1 N–H and O–H groups in total. The number of ether oxygens (including phenoxy) is 2. The largest absolute Gasteiger partial charge is 0.506 e. The number of esters is 2. The molecule has 138 valence electrons. The van der Waals surface area contributed by atoms with Gasteiger partial charge in [-0.15, -0.1) is 0 Å². The first-order valence-corrected chi connectivity index (χ1v) is 9.21. The zero-order valence-corrected chi connectivity index (χ0v) is 17.2. The fourth-order valence-electron chi connectivity index (χ4n) is 2.41. The van der Waals surface area contributed by atoms with Crippen LogP contribution in [0.1, 0.15) is 25.3 Å². The molecule has 0 aliphatic rings. The number of hydrogen-bond acceptors (Lipinski definition) is 7. The monoisotopic (exact) mass is 486 g/mol. The van der Waals surface area contributed by atoms with E-state index in [1.54, 1.807) is 32.1 Å². The van der Waals surface area contributed by atoms with Crippen LogP contribution in [-0.4, -0.2) is 30.3 Å². The summed E-state index contributed by atoms with van der Waals surface area (Å²) in [6.45, 7) is 3.19. The van der Waals surface area contributed by atoms with E-state index >= 15 is 0 Å². The van der Waals surface area contributed by atoms with Crippen LogP contribution in [0.5, 0.6) is 5.75 Å². The van der Waals surface area contributed by atoms with Crippen LogP contribution in [0.3, 0.4) is 0 Å². The van der Waals surface area contributed by atoms with Crippen LogP contribution in [0.4, 0.5) is 0 Å². The number of nitrogens with zero attached hydrogens (tertiary/aromatic N) is 2. The molecule has 0 aromatic heterocycles. The zero-order chi connectivity index (χ0) is 19.9. The van der Waals surface area contributed by atoms with Gasteiger partial charge in [0, 0.05) is 16.0 Å².